The van der Waals surface area contributed by atoms with Gasteiger partial charge in [-0.15, -0.1) is 0 Å². The Morgan fingerprint density at radius 1 is 1.18 bits per heavy atom. The van der Waals surface area contributed by atoms with Crippen molar-refractivity contribution in [2.75, 3.05) is 18.0 Å². The number of aromatic nitrogens is 2. The predicted molar refractivity (Wildman–Crippen MR) is 82.1 cm³/mol. The van der Waals surface area contributed by atoms with Gasteiger partial charge in [-0.2, -0.15) is 0 Å². The maximum Gasteiger partial charge on any atom is 0.280 e. The van der Waals surface area contributed by atoms with E-state index < -0.39 is 6.43 Å². The third kappa shape index (κ3) is 3.59. The van der Waals surface area contributed by atoms with Crippen LogP contribution in [0, 0.1) is 5.92 Å². The van der Waals surface area contributed by atoms with Gasteiger partial charge in [0.05, 0.1) is 0 Å². The summed E-state index contributed by atoms with van der Waals surface area (Å²) in [7, 11) is 0. The Bertz CT molecular complexity index is 596. The van der Waals surface area contributed by atoms with Crippen LogP contribution in [-0.4, -0.2) is 23.1 Å². The highest BCUT2D eigenvalue weighted by atomic mass is 19.3. The van der Waals surface area contributed by atoms with Crippen molar-refractivity contribution in [1.82, 2.24) is 9.97 Å². The Morgan fingerprint density at radius 3 is 2.68 bits per heavy atom. The van der Waals surface area contributed by atoms with Crippen LogP contribution in [0.2, 0.25) is 0 Å². The van der Waals surface area contributed by atoms with Gasteiger partial charge in [-0.1, -0.05) is 6.07 Å². The second-order valence-electron chi connectivity index (χ2n) is 5.74. The molecule has 0 spiro atoms. The van der Waals surface area contributed by atoms with Gasteiger partial charge in [-0.25, -0.2) is 8.78 Å². The molecule has 0 aliphatic carbocycles. The number of alkyl halides is 2. The van der Waals surface area contributed by atoms with Crippen molar-refractivity contribution in [1.29, 1.82) is 0 Å². The summed E-state index contributed by atoms with van der Waals surface area (Å²) in [5, 5.41) is 0. The predicted octanol–water partition coefficient (Wildman–Crippen LogP) is 3.87. The Morgan fingerprint density at radius 2 is 2.00 bits per heavy atom. The van der Waals surface area contributed by atoms with Crippen LogP contribution in [-0.2, 0) is 6.42 Å². The molecule has 2 aromatic heterocycles. The van der Waals surface area contributed by atoms with Gasteiger partial charge >= 0.3 is 0 Å². The minimum Gasteiger partial charge on any atom is -0.371 e. The molecule has 0 bridgehead atoms. The molecule has 3 rings (SSSR count). The molecule has 3 heterocycles. The molecule has 0 atom stereocenters. The molecular formula is C17H19F2N3. The van der Waals surface area contributed by atoms with E-state index in [9.17, 15) is 8.78 Å². The number of hydrogen-bond acceptors (Lipinski definition) is 3. The van der Waals surface area contributed by atoms with E-state index in [0.29, 0.717) is 5.92 Å². The highest BCUT2D eigenvalue weighted by Crippen LogP contribution is 2.27. The average Bonchev–Trinajstić information content (AvgIpc) is 2.56. The van der Waals surface area contributed by atoms with Gasteiger partial charge in [0.1, 0.15) is 5.69 Å². The van der Waals surface area contributed by atoms with E-state index >= 15 is 0 Å². The van der Waals surface area contributed by atoms with E-state index in [1.807, 2.05) is 18.3 Å². The first kappa shape index (κ1) is 14.9. The van der Waals surface area contributed by atoms with Gasteiger partial charge in [0.15, 0.2) is 0 Å². The lowest BCUT2D eigenvalue weighted by molar-refractivity contribution is 0.146. The zero-order valence-electron chi connectivity index (χ0n) is 12.3. The quantitative estimate of drug-likeness (QED) is 0.858. The van der Waals surface area contributed by atoms with Crippen molar-refractivity contribution in [3.05, 3.63) is 54.1 Å². The first-order valence-corrected chi connectivity index (χ1v) is 7.60. The van der Waals surface area contributed by atoms with Gasteiger partial charge in [-0.05, 0) is 48.9 Å². The van der Waals surface area contributed by atoms with Crippen LogP contribution >= 0.6 is 0 Å². The summed E-state index contributed by atoms with van der Waals surface area (Å²) in [6.07, 6.45) is 5.85. The Kier molecular flexibility index (Phi) is 4.61. The van der Waals surface area contributed by atoms with Gasteiger partial charge in [0.2, 0.25) is 0 Å². The fraction of sp³-hybridized carbons (Fsp3) is 0.412. The summed E-state index contributed by atoms with van der Waals surface area (Å²) in [6, 6.07) is 7.39. The summed E-state index contributed by atoms with van der Waals surface area (Å²) in [5.41, 5.74) is 1.98. The molecule has 22 heavy (non-hydrogen) atoms. The van der Waals surface area contributed by atoms with E-state index in [-0.39, 0.29) is 5.69 Å². The smallest absolute Gasteiger partial charge is 0.280 e. The van der Waals surface area contributed by atoms with Crippen LogP contribution in [0.15, 0.2) is 42.9 Å². The van der Waals surface area contributed by atoms with Crippen LogP contribution in [0.3, 0.4) is 0 Å². The third-order valence-electron chi connectivity index (χ3n) is 4.22. The Hall–Kier alpha value is -2.04. The van der Waals surface area contributed by atoms with E-state index in [1.165, 1.54) is 17.8 Å². The molecule has 0 amide bonds. The molecule has 0 radical (unpaired) electrons. The van der Waals surface area contributed by atoms with Crippen molar-refractivity contribution < 1.29 is 8.78 Å². The molecule has 1 aliphatic rings. The molecule has 0 saturated carbocycles. The van der Waals surface area contributed by atoms with Crippen LogP contribution in [0.1, 0.15) is 30.5 Å². The van der Waals surface area contributed by atoms with Crippen LogP contribution in [0.25, 0.3) is 0 Å². The molecule has 1 aliphatic heterocycles. The lowest BCUT2D eigenvalue weighted by atomic mass is 9.90. The molecular weight excluding hydrogens is 284 g/mol. The fourth-order valence-corrected chi connectivity index (χ4v) is 3.00. The maximum absolute atomic E-state index is 12.7. The highest BCUT2D eigenvalue weighted by molar-refractivity contribution is 5.47. The van der Waals surface area contributed by atoms with E-state index in [0.717, 1.165) is 38.0 Å². The Balaban J connectivity index is 1.58. The van der Waals surface area contributed by atoms with E-state index in [1.54, 1.807) is 6.20 Å². The molecule has 0 unspecified atom stereocenters. The number of pyridine rings is 2. The highest BCUT2D eigenvalue weighted by Gasteiger charge is 2.21. The number of anilines is 1. The summed E-state index contributed by atoms with van der Waals surface area (Å²) >= 11 is 0. The van der Waals surface area contributed by atoms with Crippen molar-refractivity contribution in [2.45, 2.75) is 25.7 Å². The lowest BCUT2D eigenvalue weighted by Gasteiger charge is -2.33. The summed E-state index contributed by atoms with van der Waals surface area (Å²) in [4.78, 5) is 10.0. The number of rotatable bonds is 4. The average molecular weight is 303 g/mol. The fourth-order valence-electron chi connectivity index (χ4n) is 3.00. The van der Waals surface area contributed by atoms with Crippen molar-refractivity contribution in [2.24, 2.45) is 5.92 Å². The zero-order chi connectivity index (χ0) is 15.4. The number of halogens is 2. The molecule has 3 nitrogen and oxygen atoms in total. The van der Waals surface area contributed by atoms with Gasteiger partial charge < -0.3 is 4.90 Å². The summed E-state index contributed by atoms with van der Waals surface area (Å²) < 4.78 is 25.5. The standard InChI is InChI=1S/C17H19F2N3/c18-17(19)16-11-15(3-7-21-16)22-8-4-13(5-9-22)10-14-2-1-6-20-12-14/h1-3,6-7,11-13,17H,4-5,8-10H2. The number of hydrogen-bond donors (Lipinski definition) is 0. The lowest BCUT2D eigenvalue weighted by Crippen LogP contribution is -2.34. The second-order valence-corrected chi connectivity index (χ2v) is 5.74. The minimum atomic E-state index is -2.51. The molecule has 116 valence electrons. The van der Waals surface area contributed by atoms with Crippen molar-refractivity contribution in [3.8, 4) is 0 Å². The van der Waals surface area contributed by atoms with Crippen molar-refractivity contribution in [3.63, 3.8) is 0 Å². The largest absolute Gasteiger partial charge is 0.371 e. The molecule has 1 fully saturated rings. The van der Waals surface area contributed by atoms with E-state index in [4.69, 9.17) is 0 Å². The normalized spacial score (nSPS) is 16.2. The van der Waals surface area contributed by atoms with Crippen molar-refractivity contribution >= 4 is 5.69 Å². The van der Waals surface area contributed by atoms with Gasteiger partial charge in [-0.3, -0.25) is 9.97 Å². The molecule has 5 heteroatoms. The summed E-state index contributed by atoms with van der Waals surface area (Å²) in [5.74, 6) is 0.636. The van der Waals surface area contributed by atoms with Gasteiger partial charge in [0.25, 0.3) is 6.43 Å². The number of piperidine rings is 1. The van der Waals surface area contributed by atoms with Gasteiger partial charge in [0, 0.05) is 37.4 Å². The van der Waals surface area contributed by atoms with Crippen LogP contribution < -0.4 is 4.90 Å². The monoisotopic (exact) mass is 303 g/mol. The SMILES string of the molecule is FC(F)c1cc(N2CCC(Cc3cccnc3)CC2)ccn1. The maximum atomic E-state index is 12.7. The second kappa shape index (κ2) is 6.81. The topological polar surface area (TPSA) is 29.0 Å². The molecule has 0 N–H and O–H groups in total. The minimum absolute atomic E-state index is 0.144. The van der Waals surface area contributed by atoms with E-state index in [2.05, 4.69) is 20.9 Å². The Labute approximate surface area is 129 Å². The molecule has 0 aromatic carbocycles. The van der Waals surface area contributed by atoms with Crippen LogP contribution in [0.4, 0.5) is 14.5 Å². The first-order valence-electron chi connectivity index (χ1n) is 7.60. The molecule has 1 saturated heterocycles. The number of nitrogens with zero attached hydrogens (tertiary/aromatic N) is 3. The zero-order valence-corrected chi connectivity index (χ0v) is 12.3. The molecule has 2 aromatic rings. The third-order valence-corrected chi connectivity index (χ3v) is 4.22. The first-order chi connectivity index (χ1) is 10.7. The van der Waals surface area contributed by atoms with Crippen LogP contribution in [0.5, 0.6) is 0 Å². The summed E-state index contributed by atoms with van der Waals surface area (Å²) in [6.45, 7) is 1.80.